The summed E-state index contributed by atoms with van der Waals surface area (Å²) in [6, 6.07) is 8.99. The van der Waals surface area contributed by atoms with Gasteiger partial charge in [-0.25, -0.2) is 0 Å². The van der Waals surface area contributed by atoms with E-state index < -0.39 is 0 Å². The second-order valence-electron chi connectivity index (χ2n) is 4.13. The molecule has 1 aromatic carbocycles. The van der Waals surface area contributed by atoms with Gasteiger partial charge < -0.3 is 0 Å². The third-order valence-corrected chi connectivity index (χ3v) is 14.8. The van der Waals surface area contributed by atoms with Crippen LogP contribution in [0.25, 0.3) is 0 Å². The lowest BCUT2D eigenvalue weighted by atomic mass is 9.84. The topological polar surface area (TPSA) is 0 Å². The zero-order valence-electron chi connectivity index (χ0n) is 8.98. The summed E-state index contributed by atoms with van der Waals surface area (Å²) in [6.07, 6.45) is 2.67. The first-order chi connectivity index (χ1) is 7.24. The lowest BCUT2D eigenvalue weighted by Gasteiger charge is -2.34. The number of aryl methyl sites for hydroxylation is 1. The fourth-order valence-corrected chi connectivity index (χ4v) is 8.26. The average Bonchev–Trinajstić information content (AvgIpc) is 2.29. The van der Waals surface area contributed by atoms with Crippen LogP contribution in [0.1, 0.15) is 30.4 Å². The van der Waals surface area contributed by atoms with E-state index in [1.165, 1.54) is 12.8 Å². The molecule has 0 nitrogen and oxygen atoms in total. The molecule has 15 heavy (non-hydrogen) atoms. The maximum atomic E-state index is 3.10. The summed E-state index contributed by atoms with van der Waals surface area (Å²) in [7, 11) is 7.21. The Bertz CT molecular complexity index is 339. The van der Waals surface area contributed by atoms with Crippen LogP contribution in [0.5, 0.6) is 0 Å². The van der Waals surface area contributed by atoms with Crippen LogP contribution < -0.4 is 0 Å². The maximum absolute atomic E-state index is 3.10. The Labute approximate surface area is 100 Å². The first-order valence-electron chi connectivity index (χ1n) is 5.32. The van der Waals surface area contributed by atoms with Gasteiger partial charge in [-0.15, -0.1) is 17.9 Å². The van der Waals surface area contributed by atoms with Crippen LogP contribution in [0.2, 0.25) is 0 Å². The molecule has 0 saturated carbocycles. The largest absolute Gasteiger partial charge is 0.110 e. The highest BCUT2D eigenvalue weighted by atomic mass is 32.6. The molecule has 82 valence electrons. The minimum Gasteiger partial charge on any atom is -0.110 e. The van der Waals surface area contributed by atoms with Crippen LogP contribution in [0.4, 0.5) is 0 Å². The summed E-state index contributed by atoms with van der Waals surface area (Å²) in [5.41, 5.74) is 4.10. The highest BCUT2D eigenvalue weighted by Gasteiger charge is 2.29. The molecule has 6 atom stereocenters. The van der Waals surface area contributed by atoms with Gasteiger partial charge in [-0.3, -0.25) is 0 Å². The van der Waals surface area contributed by atoms with Gasteiger partial charge in [0, 0.05) is 0 Å². The quantitative estimate of drug-likeness (QED) is 0.682. The number of fused-ring (bicyclic) bond motifs is 1. The van der Waals surface area contributed by atoms with Crippen molar-refractivity contribution in [3.05, 3.63) is 35.4 Å². The highest BCUT2D eigenvalue weighted by molar-refractivity contribution is 8.61. The van der Waals surface area contributed by atoms with Crippen LogP contribution in [0, 0.1) is 0 Å². The zero-order valence-corrected chi connectivity index (χ0v) is 13.2. The number of rotatable bonds is 2. The summed E-state index contributed by atoms with van der Waals surface area (Å²) >= 11 is 0. The van der Waals surface area contributed by atoms with Gasteiger partial charge in [0.25, 0.3) is 0 Å². The van der Waals surface area contributed by atoms with Gasteiger partial charge in [0.05, 0.1) is 0 Å². The van der Waals surface area contributed by atoms with Gasteiger partial charge in [-0.1, -0.05) is 46.4 Å². The maximum Gasteiger partial charge on any atom is -0.00665 e. The van der Waals surface area contributed by atoms with Crippen molar-refractivity contribution in [1.29, 1.82) is 0 Å². The fourth-order valence-electron chi connectivity index (χ4n) is 2.44. The van der Waals surface area contributed by atoms with Gasteiger partial charge >= 0.3 is 0 Å². The first kappa shape index (κ1) is 12.4. The Morgan fingerprint density at radius 1 is 1.40 bits per heavy atom. The van der Waals surface area contributed by atoms with Crippen molar-refractivity contribution in [2.24, 2.45) is 0 Å². The van der Waals surface area contributed by atoms with Crippen LogP contribution in [-0.4, -0.2) is 5.66 Å². The molecule has 0 saturated heterocycles. The Hall–Kier alpha value is 0.940. The molecule has 4 heteroatoms. The predicted octanol–water partition coefficient (Wildman–Crippen LogP) is 4.76. The van der Waals surface area contributed by atoms with Gasteiger partial charge in [0.2, 0.25) is 0 Å². The van der Waals surface area contributed by atoms with E-state index in [9.17, 15) is 0 Å². The Morgan fingerprint density at radius 3 is 2.87 bits per heavy atom. The third-order valence-electron chi connectivity index (χ3n) is 3.34. The van der Waals surface area contributed by atoms with Crippen molar-refractivity contribution >= 4 is 33.1 Å². The second-order valence-corrected chi connectivity index (χ2v) is 13.7. The summed E-state index contributed by atoms with van der Waals surface area (Å²) < 4.78 is 0. The molecule has 4 unspecified atom stereocenters. The lowest BCUT2D eigenvalue weighted by molar-refractivity contribution is 0.605. The Kier molecular flexibility index (Phi) is 4.56. The van der Waals surface area contributed by atoms with E-state index in [1.807, 2.05) is 0 Å². The molecule has 0 N–H and O–H groups in total. The van der Waals surface area contributed by atoms with Crippen molar-refractivity contribution in [1.82, 2.24) is 0 Å². The number of hydrogen-bond acceptors (Lipinski definition) is 0. The van der Waals surface area contributed by atoms with E-state index in [0.29, 0.717) is 0 Å². The predicted molar refractivity (Wildman–Crippen MR) is 81.6 cm³/mol. The second kappa shape index (κ2) is 5.52. The number of benzene rings is 1. The molecule has 0 heterocycles. The van der Waals surface area contributed by atoms with E-state index >= 15 is 0 Å². The minimum atomic E-state index is 0.147. The van der Waals surface area contributed by atoms with Gasteiger partial charge in [-0.05, 0) is 35.5 Å². The average molecular weight is 274 g/mol. The summed E-state index contributed by atoms with van der Waals surface area (Å²) in [5, 5.41) is 0. The van der Waals surface area contributed by atoms with E-state index in [1.54, 1.807) is 11.1 Å². The Balaban J connectivity index is 2.25. The van der Waals surface area contributed by atoms with E-state index in [2.05, 4.69) is 49.0 Å². The smallest absolute Gasteiger partial charge is 0.00665 e. The molecule has 0 aromatic heterocycles. The van der Waals surface area contributed by atoms with Gasteiger partial charge in [0.1, 0.15) is 0 Å². The van der Waals surface area contributed by atoms with E-state index in [-0.39, 0.29) is 7.30 Å². The van der Waals surface area contributed by atoms with Crippen LogP contribution in [0.15, 0.2) is 24.3 Å². The monoisotopic (exact) mass is 274 g/mol. The van der Waals surface area contributed by atoms with E-state index in [0.717, 1.165) is 19.5 Å². The minimum absolute atomic E-state index is 0.147. The molecule has 0 aliphatic heterocycles. The van der Waals surface area contributed by atoms with Crippen LogP contribution >= 0.6 is 33.1 Å². The summed E-state index contributed by atoms with van der Waals surface area (Å²) in [4.78, 5) is 0. The van der Waals surface area contributed by atoms with Crippen LogP contribution in [0.3, 0.4) is 0 Å². The summed E-state index contributed by atoms with van der Waals surface area (Å²) in [5.74, 6) is 0.756. The van der Waals surface area contributed by atoms with Gasteiger partial charge in [0.15, 0.2) is 0 Å². The number of hydrogen-bond donors (Lipinski definition) is 0. The molecule has 1 aliphatic carbocycles. The standard InChI is InChI=1S/C11H18P4/c1-8-10-5-3-2-4-9(10)6-7-11(8)15(13)14-12/h2-5,8,11,14H,6-7,12-13H2,1H3/t8-,11-,15?/m0/s1. The molecule has 0 spiro atoms. The molecule has 0 bridgehead atoms. The molecule has 0 amide bonds. The van der Waals surface area contributed by atoms with Crippen LogP contribution in [-0.2, 0) is 6.42 Å². The Morgan fingerprint density at radius 2 is 2.13 bits per heavy atom. The van der Waals surface area contributed by atoms with Crippen molar-refractivity contribution < 1.29 is 0 Å². The zero-order chi connectivity index (χ0) is 10.8. The highest BCUT2D eigenvalue weighted by Crippen LogP contribution is 2.72. The summed E-state index contributed by atoms with van der Waals surface area (Å²) in [6.45, 7) is 2.41. The van der Waals surface area contributed by atoms with Crippen molar-refractivity contribution in [2.45, 2.75) is 31.3 Å². The van der Waals surface area contributed by atoms with Crippen molar-refractivity contribution in [3.8, 4) is 0 Å². The molecule has 0 radical (unpaired) electrons. The van der Waals surface area contributed by atoms with Gasteiger partial charge in [-0.2, -0.15) is 0 Å². The molecule has 1 aromatic rings. The first-order valence-corrected chi connectivity index (χ1v) is 12.0. The normalized spacial score (nSPS) is 27.9. The van der Waals surface area contributed by atoms with E-state index in [4.69, 9.17) is 0 Å². The molecular formula is C11H18P4. The lowest BCUT2D eigenvalue weighted by Crippen LogP contribution is -2.20. The SMILES string of the molecule is C[C@H]1c2ccccc2CC[C@@H]1P(P)PP. The molecular weight excluding hydrogens is 256 g/mol. The molecule has 1 aliphatic rings. The van der Waals surface area contributed by atoms with Crippen molar-refractivity contribution in [2.75, 3.05) is 0 Å². The van der Waals surface area contributed by atoms with Crippen molar-refractivity contribution in [3.63, 3.8) is 0 Å². The fraction of sp³-hybridized carbons (Fsp3) is 0.455. The molecule has 2 rings (SSSR count). The third kappa shape index (κ3) is 2.61. The molecule has 0 fully saturated rings.